The minimum absolute atomic E-state index is 0.142. The van der Waals surface area contributed by atoms with Gasteiger partial charge in [0.25, 0.3) is 0 Å². The van der Waals surface area contributed by atoms with Crippen molar-refractivity contribution >= 4 is 0 Å². The van der Waals surface area contributed by atoms with E-state index in [2.05, 4.69) is 33.0 Å². The lowest BCUT2D eigenvalue weighted by Crippen LogP contribution is -2.49. The summed E-state index contributed by atoms with van der Waals surface area (Å²) in [7, 11) is 0. The largest absolute Gasteiger partial charge is 0.329 e. The molecule has 2 heteroatoms. The molecule has 0 saturated heterocycles. The van der Waals surface area contributed by atoms with E-state index in [4.69, 9.17) is 5.73 Å². The van der Waals surface area contributed by atoms with Crippen LogP contribution in [0.3, 0.4) is 0 Å². The fourth-order valence-corrected chi connectivity index (χ4v) is 1.56. The maximum Gasteiger partial charge on any atom is 0.0278 e. The molecule has 68 valence electrons. The Bertz CT molecular complexity index is 102. The normalized spacial score (nSPS) is 16.9. The lowest BCUT2D eigenvalue weighted by molar-refractivity contribution is 0.305. The average molecular weight is 158 g/mol. The summed E-state index contributed by atoms with van der Waals surface area (Å²) in [5.74, 6) is 0.711. The molecule has 0 aliphatic carbocycles. The number of rotatable bonds is 5. The van der Waals surface area contributed by atoms with Crippen molar-refractivity contribution in [1.29, 1.82) is 0 Å². The van der Waals surface area contributed by atoms with Gasteiger partial charge in [0.15, 0.2) is 0 Å². The summed E-state index contributed by atoms with van der Waals surface area (Å²) in [6, 6.07) is 0. The van der Waals surface area contributed by atoms with Crippen LogP contribution in [0, 0.1) is 5.92 Å². The molecule has 0 rings (SSSR count). The molecular formula is C9H22N2. The van der Waals surface area contributed by atoms with Gasteiger partial charge in [-0.2, -0.15) is 0 Å². The van der Waals surface area contributed by atoms with Crippen LogP contribution >= 0.6 is 0 Å². The van der Waals surface area contributed by atoms with Crippen LogP contribution in [0.1, 0.15) is 34.1 Å². The van der Waals surface area contributed by atoms with Crippen LogP contribution in [0.25, 0.3) is 0 Å². The van der Waals surface area contributed by atoms with E-state index < -0.39 is 0 Å². The van der Waals surface area contributed by atoms with Gasteiger partial charge in [0.1, 0.15) is 0 Å². The van der Waals surface area contributed by atoms with Crippen molar-refractivity contribution in [1.82, 2.24) is 5.32 Å². The molecule has 0 aliphatic rings. The summed E-state index contributed by atoms with van der Waals surface area (Å²) in [6.45, 7) is 10.5. The standard InChI is InChI=1S/C9H22N2/c1-5-11-9(4,7-10)6-8(2)3/h8,11H,5-7,10H2,1-4H3. The Morgan fingerprint density at radius 2 is 2.00 bits per heavy atom. The van der Waals surface area contributed by atoms with Crippen LogP contribution in [-0.4, -0.2) is 18.6 Å². The van der Waals surface area contributed by atoms with Gasteiger partial charge in [-0.15, -0.1) is 0 Å². The van der Waals surface area contributed by atoms with Crippen LogP contribution < -0.4 is 11.1 Å². The molecule has 0 spiro atoms. The van der Waals surface area contributed by atoms with E-state index in [0.29, 0.717) is 5.92 Å². The van der Waals surface area contributed by atoms with E-state index in [-0.39, 0.29) is 5.54 Å². The summed E-state index contributed by atoms with van der Waals surface area (Å²) in [5.41, 5.74) is 5.82. The second-order valence-corrected chi connectivity index (χ2v) is 3.89. The molecule has 0 aliphatic heterocycles. The van der Waals surface area contributed by atoms with Gasteiger partial charge >= 0.3 is 0 Å². The molecule has 0 bridgehead atoms. The Kier molecular flexibility index (Phi) is 4.69. The SMILES string of the molecule is CCNC(C)(CN)CC(C)C. The van der Waals surface area contributed by atoms with Gasteiger partial charge in [0, 0.05) is 12.1 Å². The van der Waals surface area contributed by atoms with E-state index in [1.807, 2.05) is 0 Å². The zero-order chi connectivity index (χ0) is 8.91. The van der Waals surface area contributed by atoms with Gasteiger partial charge in [-0.1, -0.05) is 20.8 Å². The van der Waals surface area contributed by atoms with Crippen molar-refractivity contribution in [3.63, 3.8) is 0 Å². The quantitative estimate of drug-likeness (QED) is 0.634. The highest BCUT2D eigenvalue weighted by Crippen LogP contribution is 2.14. The highest BCUT2D eigenvalue weighted by Gasteiger charge is 2.21. The summed E-state index contributed by atoms with van der Waals surface area (Å²) in [5, 5.41) is 3.42. The first kappa shape index (κ1) is 10.9. The van der Waals surface area contributed by atoms with Gasteiger partial charge in [-0.3, -0.25) is 0 Å². The molecule has 0 aromatic heterocycles. The number of nitrogens with one attached hydrogen (secondary N) is 1. The monoisotopic (exact) mass is 158 g/mol. The van der Waals surface area contributed by atoms with E-state index in [1.54, 1.807) is 0 Å². The molecule has 0 fully saturated rings. The highest BCUT2D eigenvalue weighted by molar-refractivity contribution is 4.84. The number of nitrogens with two attached hydrogens (primary N) is 1. The van der Waals surface area contributed by atoms with Crippen molar-refractivity contribution in [3.8, 4) is 0 Å². The van der Waals surface area contributed by atoms with Gasteiger partial charge in [-0.05, 0) is 25.8 Å². The first-order chi connectivity index (χ1) is 5.04. The van der Waals surface area contributed by atoms with E-state index >= 15 is 0 Å². The van der Waals surface area contributed by atoms with Crippen molar-refractivity contribution in [2.75, 3.05) is 13.1 Å². The summed E-state index contributed by atoms with van der Waals surface area (Å²) >= 11 is 0. The average Bonchev–Trinajstić information content (AvgIpc) is 1.87. The zero-order valence-corrected chi connectivity index (χ0v) is 8.28. The van der Waals surface area contributed by atoms with Crippen LogP contribution in [0.5, 0.6) is 0 Å². The molecule has 0 aromatic rings. The topological polar surface area (TPSA) is 38.0 Å². The molecule has 1 atom stereocenters. The Labute approximate surface area is 70.5 Å². The lowest BCUT2D eigenvalue weighted by atomic mass is 9.91. The van der Waals surface area contributed by atoms with Crippen molar-refractivity contribution in [2.45, 2.75) is 39.7 Å². The third-order valence-corrected chi connectivity index (χ3v) is 1.91. The molecule has 11 heavy (non-hydrogen) atoms. The molecular weight excluding hydrogens is 136 g/mol. The molecule has 0 saturated carbocycles. The van der Waals surface area contributed by atoms with Crippen LogP contribution in [0.2, 0.25) is 0 Å². The molecule has 3 N–H and O–H groups in total. The van der Waals surface area contributed by atoms with Gasteiger partial charge < -0.3 is 11.1 Å². The fourth-order valence-electron chi connectivity index (χ4n) is 1.56. The number of likely N-dealkylation sites (N-methyl/N-ethyl adjacent to an activating group) is 1. The first-order valence-corrected chi connectivity index (χ1v) is 4.49. The van der Waals surface area contributed by atoms with Gasteiger partial charge in [0.05, 0.1) is 0 Å². The molecule has 0 aromatic carbocycles. The Morgan fingerprint density at radius 3 is 2.27 bits per heavy atom. The van der Waals surface area contributed by atoms with Gasteiger partial charge in [-0.25, -0.2) is 0 Å². The molecule has 1 unspecified atom stereocenters. The Morgan fingerprint density at radius 1 is 1.45 bits per heavy atom. The molecule has 0 amide bonds. The fraction of sp³-hybridized carbons (Fsp3) is 1.00. The number of hydrogen-bond donors (Lipinski definition) is 2. The summed E-state index contributed by atoms with van der Waals surface area (Å²) < 4.78 is 0. The van der Waals surface area contributed by atoms with Crippen LogP contribution in [-0.2, 0) is 0 Å². The predicted molar refractivity (Wildman–Crippen MR) is 50.6 cm³/mol. The van der Waals surface area contributed by atoms with Crippen molar-refractivity contribution in [3.05, 3.63) is 0 Å². The smallest absolute Gasteiger partial charge is 0.0278 e. The van der Waals surface area contributed by atoms with Crippen LogP contribution in [0.4, 0.5) is 0 Å². The van der Waals surface area contributed by atoms with E-state index in [9.17, 15) is 0 Å². The molecule has 2 nitrogen and oxygen atoms in total. The summed E-state index contributed by atoms with van der Waals surface area (Å²) in [4.78, 5) is 0. The third-order valence-electron chi connectivity index (χ3n) is 1.91. The zero-order valence-electron chi connectivity index (χ0n) is 8.28. The second-order valence-electron chi connectivity index (χ2n) is 3.89. The Balaban J connectivity index is 3.87. The highest BCUT2D eigenvalue weighted by atomic mass is 15.0. The van der Waals surface area contributed by atoms with E-state index in [1.165, 1.54) is 0 Å². The van der Waals surface area contributed by atoms with Crippen molar-refractivity contribution in [2.24, 2.45) is 11.7 Å². The van der Waals surface area contributed by atoms with E-state index in [0.717, 1.165) is 19.5 Å². The van der Waals surface area contributed by atoms with Crippen LogP contribution in [0.15, 0.2) is 0 Å². The van der Waals surface area contributed by atoms with Gasteiger partial charge in [0.2, 0.25) is 0 Å². The number of hydrogen-bond acceptors (Lipinski definition) is 2. The molecule has 0 radical (unpaired) electrons. The maximum absolute atomic E-state index is 5.68. The minimum Gasteiger partial charge on any atom is -0.329 e. The van der Waals surface area contributed by atoms with Crippen molar-refractivity contribution < 1.29 is 0 Å². The second kappa shape index (κ2) is 4.73. The molecule has 0 heterocycles. The minimum atomic E-state index is 0.142. The Hall–Kier alpha value is -0.0800. The third kappa shape index (κ3) is 4.38. The first-order valence-electron chi connectivity index (χ1n) is 4.49. The lowest BCUT2D eigenvalue weighted by Gasteiger charge is -2.30. The summed E-state index contributed by atoms with van der Waals surface area (Å²) in [6.07, 6.45) is 1.15. The predicted octanol–water partition coefficient (Wildman–Crippen LogP) is 1.36. The maximum atomic E-state index is 5.68.